The zero-order valence-corrected chi connectivity index (χ0v) is 18.6. The van der Waals surface area contributed by atoms with Gasteiger partial charge in [-0.05, 0) is 57.5 Å². The summed E-state index contributed by atoms with van der Waals surface area (Å²) >= 11 is 0. The second kappa shape index (κ2) is 9.83. The first-order valence-corrected chi connectivity index (χ1v) is 11.3. The van der Waals surface area contributed by atoms with Crippen molar-refractivity contribution in [2.24, 2.45) is 0 Å². The SMILES string of the molecule is Cc1c(N2CCOCC2)c(C)n(Cc2cccc(F)c2)c1C(=O)NCCN1CCCC1. The zero-order chi connectivity index (χ0) is 21.8. The first-order valence-electron chi connectivity index (χ1n) is 11.3. The molecule has 3 heterocycles. The molecule has 0 saturated carbocycles. The van der Waals surface area contributed by atoms with Crippen molar-refractivity contribution < 1.29 is 13.9 Å². The van der Waals surface area contributed by atoms with Gasteiger partial charge in [-0.2, -0.15) is 0 Å². The summed E-state index contributed by atoms with van der Waals surface area (Å²) in [7, 11) is 0. The van der Waals surface area contributed by atoms with Gasteiger partial charge in [0.25, 0.3) is 5.91 Å². The number of morpholine rings is 1. The summed E-state index contributed by atoms with van der Waals surface area (Å²) in [5.74, 6) is -0.320. The molecule has 31 heavy (non-hydrogen) atoms. The van der Waals surface area contributed by atoms with E-state index in [4.69, 9.17) is 4.74 Å². The molecule has 1 aromatic heterocycles. The van der Waals surface area contributed by atoms with E-state index in [1.807, 2.05) is 17.6 Å². The fraction of sp³-hybridized carbons (Fsp3) is 0.542. The molecule has 1 N–H and O–H groups in total. The minimum atomic E-state index is -0.260. The molecular formula is C24H33FN4O2. The Labute approximate surface area is 184 Å². The minimum absolute atomic E-state index is 0.0595. The molecule has 6 nitrogen and oxygen atoms in total. The Balaban J connectivity index is 1.61. The van der Waals surface area contributed by atoms with E-state index in [0.717, 1.165) is 55.2 Å². The van der Waals surface area contributed by atoms with E-state index in [2.05, 4.69) is 22.0 Å². The summed E-state index contributed by atoms with van der Waals surface area (Å²) in [6, 6.07) is 6.61. The second-order valence-corrected chi connectivity index (χ2v) is 8.53. The van der Waals surface area contributed by atoms with Crippen LogP contribution in [0.2, 0.25) is 0 Å². The lowest BCUT2D eigenvalue weighted by Crippen LogP contribution is -2.37. The summed E-state index contributed by atoms with van der Waals surface area (Å²) in [6.45, 7) is 11.3. The van der Waals surface area contributed by atoms with Crippen molar-refractivity contribution in [1.82, 2.24) is 14.8 Å². The third-order valence-corrected chi connectivity index (χ3v) is 6.41. The molecular weight excluding hydrogens is 395 g/mol. The summed E-state index contributed by atoms with van der Waals surface area (Å²) in [4.78, 5) is 18.0. The van der Waals surface area contributed by atoms with E-state index < -0.39 is 0 Å². The maximum atomic E-state index is 13.8. The average Bonchev–Trinajstić information content (AvgIpc) is 3.35. The van der Waals surface area contributed by atoms with Crippen molar-refractivity contribution in [2.75, 3.05) is 57.4 Å². The third kappa shape index (κ3) is 4.93. The van der Waals surface area contributed by atoms with Crippen LogP contribution < -0.4 is 10.2 Å². The number of nitrogens with one attached hydrogen (secondary N) is 1. The molecule has 7 heteroatoms. The van der Waals surface area contributed by atoms with Crippen molar-refractivity contribution in [2.45, 2.75) is 33.2 Å². The number of rotatable bonds is 7. The lowest BCUT2D eigenvalue weighted by molar-refractivity contribution is 0.0940. The van der Waals surface area contributed by atoms with E-state index in [1.165, 1.54) is 25.0 Å². The van der Waals surface area contributed by atoms with E-state index in [0.29, 0.717) is 32.0 Å². The highest BCUT2D eigenvalue weighted by molar-refractivity contribution is 5.96. The molecule has 4 rings (SSSR count). The summed E-state index contributed by atoms with van der Waals surface area (Å²) in [6.07, 6.45) is 2.48. The van der Waals surface area contributed by atoms with Crippen LogP contribution in [-0.4, -0.2) is 67.9 Å². The molecule has 2 fully saturated rings. The highest BCUT2D eigenvalue weighted by Gasteiger charge is 2.27. The van der Waals surface area contributed by atoms with Crippen LogP contribution in [-0.2, 0) is 11.3 Å². The molecule has 2 saturated heterocycles. The van der Waals surface area contributed by atoms with E-state index in [9.17, 15) is 9.18 Å². The summed E-state index contributed by atoms with van der Waals surface area (Å²) < 4.78 is 21.4. The number of carbonyl (C=O) groups is 1. The molecule has 2 aromatic rings. The smallest absolute Gasteiger partial charge is 0.268 e. The van der Waals surface area contributed by atoms with E-state index >= 15 is 0 Å². The van der Waals surface area contributed by atoms with Crippen LogP contribution in [0, 0.1) is 19.7 Å². The Morgan fingerprint density at radius 1 is 1.13 bits per heavy atom. The molecule has 1 aromatic carbocycles. The van der Waals surface area contributed by atoms with Crippen molar-refractivity contribution in [3.05, 3.63) is 52.6 Å². The van der Waals surface area contributed by atoms with Gasteiger partial charge < -0.3 is 24.4 Å². The largest absolute Gasteiger partial charge is 0.378 e. The van der Waals surface area contributed by atoms with Gasteiger partial charge in [0.2, 0.25) is 0 Å². The predicted octanol–water partition coefficient (Wildman–Crippen LogP) is 2.95. The van der Waals surface area contributed by atoms with E-state index in [1.54, 1.807) is 6.07 Å². The maximum absolute atomic E-state index is 13.8. The minimum Gasteiger partial charge on any atom is -0.378 e. The van der Waals surface area contributed by atoms with Crippen LogP contribution in [0.3, 0.4) is 0 Å². The molecule has 0 bridgehead atoms. The topological polar surface area (TPSA) is 49.7 Å². The number of likely N-dealkylation sites (tertiary alicyclic amines) is 1. The van der Waals surface area contributed by atoms with Gasteiger partial charge in [-0.1, -0.05) is 12.1 Å². The van der Waals surface area contributed by atoms with Crippen LogP contribution in [0.4, 0.5) is 10.1 Å². The Hall–Kier alpha value is -2.38. The zero-order valence-electron chi connectivity index (χ0n) is 18.6. The van der Waals surface area contributed by atoms with Crippen molar-refractivity contribution in [3.8, 4) is 0 Å². The number of benzene rings is 1. The number of anilines is 1. The number of halogens is 1. The molecule has 168 valence electrons. The molecule has 0 aliphatic carbocycles. The highest BCUT2D eigenvalue weighted by atomic mass is 19.1. The van der Waals surface area contributed by atoms with Crippen LogP contribution >= 0.6 is 0 Å². The molecule has 0 atom stereocenters. The van der Waals surface area contributed by atoms with Gasteiger partial charge in [0, 0.05) is 44.0 Å². The first-order chi connectivity index (χ1) is 15.0. The fourth-order valence-corrected chi connectivity index (χ4v) is 4.86. The number of hydrogen-bond acceptors (Lipinski definition) is 4. The lowest BCUT2D eigenvalue weighted by Gasteiger charge is -2.29. The van der Waals surface area contributed by atoms with Gasteiger partial charge in [0.05, 0.1) is 18.9 Å². The van der Waals surface area contributed by atoms with Crippen molar-refractivity contribution in [3.63, 3.8) is 0 Å². The van der Waals surface area contributed by atoms with Gasteiger partial charge in [-0.3, -0.25) is 4.79 Å². The maximum Gasteiger partial charge on any atom is 0.268 e. The number of carbonyl (C=O) groups excluding carboxylic acids is 1. The van der Waals surface area contributed by atoms with Gasteiger partial charge in [-0.15, -0.1) is 0 Å². The summed E-state index contributed by atoms with van der Waals surface area (Å²) in [5, 5.41) is 3.13. The van der Waals surface area contributed by atoms with Crippen LogP contribution in [0.15, 0.2) is 24.3 Å². The van der Waals surface area contributed by atoms with Crippen LogP contribution in [0.1, 0.15) is 40.2 Å². The third-order valence-electron chi connectivity index (χ3n) is 6.41. The first kappa shape index (κ1) is 21.8. The summed E-state index contributed by atoms with van der Waals surface area (Å²) in [5.41, 5.74) is 4.63. The van der Waals surface area contributed by atoms with Crippen LogP contribution in [0.5, 0.6) is 0 Å². The highest BCUT2D eigenvalue weighted by Crippen LogP contribution is 2.32. The molecule has 0 radical (unpaired) electrons. The molecule has 2 aliphatic heterocycles. The number of amides is 1. The van der Waals surface area contributed by atoms with Crippen molar-refractivity contribution in [1.29, 1.82) is 0 Å². The Morgan fingerprint density at radius 2 is 1.87 bits per heavy atom. The van der Waals surface area contributed by atoms with Gasteiger partial charge in [0.15, 0.2) is 0 Å². The van der Waals surface area contributed by atoms with E-state index in [-0.39, 0.29) is 11.7 Å². The standard InChI is InChI=1S/C24H33FN4O2/c1-18-22(28-12-14-31-15-13-28)19(2)29(17-20-6-5-7-21(25)16-20)23(18)24(30)26-8-11-27-9-3-4-10-27/h5-7,16H,3-4,8-15,17H2,1-2H3,(H,26,30). The Morgan fingerprint density at radius 3 is 2.58 bits per heavy atom. The van der Waals surface area contributed by atoms with Crippen LogP contribution in [0.25, 0.3) is 0 Å². The predicted molar refractivity (Wildman–Crippen MR) is 120 cm³/mol. The second-order valence-electron chi connectivity index (χ2n) is 8.53. The Bertz CT molecular complexity index is 915. The number of ether oxygens (including phenoxy) is 1. The molecule has 0 unspecified atom stereocenters. The quantitative estimate of drug-likeness (QED) is 0.737. The number of nitrogens with zero attached hydrogens (tertiary/aromatic N) is 3. The van der Waals surface area contributed by atoms with Gasteiger partial charge in [-0.25, -0.2) is 4.39 Å². The number of aromatic nitrogens is 1. The lowest BCUT2D eigenvalue weighted by atomic mass is 10.2. The molecule has 1 amide bonds. The number of hydrogen-bond donors (Lipinski definition) is 1. The molecule has 2 aliphatic rings. The van der Waals surface area contributed by atoms with Crippen molar-refractivity contribution >= 4 is 11.6 Å². The average molecular weight is 429 g/mol. The normalized spacial score (nSPS) is 17.3. The Kier molecular flexibility index (Phi) is 6.92. The van der Waals surface area contributed by atoms with Gasteiger partial charge in [0.1, 0.15) is 11.5 Å². The molecule has 0 spiro atoms. The van der Waals surface area contributed by atoms with Gasteiger partial charge >= 0.3 is 0 Å². The monoisotopic (exact) mass is 428 g/mol. The fourth-order valence-electron chi connectivity index (χ4n) is 4.86.